The Morgan fingerprint density at radius 3 is 2.53 bits per heavy atom. The first-order valence-electron chi connectivity index (χ1n) is 9.54. The van der Waals surface area contributed by atoms with Crippen molar-refractivity contribution < 1.29 is 41.3 Å². The molecular formula is C17H22N5O10PS. The van der Waals surface area contributed by atoms with E-state index in [1.807, 2.05) is 0 Å². The van der Waals surface area contributed by atoms with Crippen molar-refractivity contribution in [3.8, 4) is 0 Å². The number of nitrogen functional groups attached to an aromatic ring is 1. The predicted octanol–water partition coefficient (Wildman–Crippen LogP) is -0.599. The Hall–Kier alpha value is -2.69. The summed E-state index contributed by atoms with van der Waals surface area (Å²) in [5.41, 5.74) is 5.56. The maximum atomic E-state index is 12.5. The molecule has 0 spiro atoms. The lowest BCUT2D eigenvalue weighted by molar-refractivity contribution is -0.105. The highest BCUT2D eigenvalue weighted by molar-refractivity contribution is 7.86. The summed E-state index contributed by atoms with van der Waals surface area (Å²) in [5.74, 6) is -0.232. The molecule has 0 aliphatic rings. The Morgan fingerprint density at radius 2 is 1.91 bits per heavy atom. The van der Waals surface area contributed by atoms with Crippen LogP contribution in [0.3, 0.4) is 0 Å². The van der Waals surface area contributed by atoms with Crippen LogP contribution < -0.4 is 11.3 Å². The fourth-order valence-electron chi connectivity index (χ4n) is 2.82. The summed E-state index contributed by atoms with van der Waals surface area (Å²) in [4.78, 5) is 40.0. The van der Waals surface area contributed by atoms with Crippen LogP contribution in [0, 0.1) is 6.92 Å². The molecule has 0 bridgehead atoms. The third-order valence-electron chi connectivity index (χ3n) is 4.41. The average Bonchev–Trinajstić information content (AvgIpc) is 3.17. The van der Waals surface area contributed by atoms with Crippen LogP contribution in [0.25, 0.3) is 11.2 Å². The lowest BCUT2D eigenvalue weighted by Gasteiger charge is -2.24. The number of aromatic nitrogens is 4. The highest BCUT2D eigenvalue weighted by Crippen LogP contribution is 2.36. The lowest BCUT2D eigenvalue weighted by Crippen LogP contribution is -2.32. The van der Waals surface area contributed by atoms with Gasteiger partial charge < -0.3 is 25.4 Å². The number of hydrogen-bond donors (Lipinski definition) is 5. The number of aryl methyl sites for hydroxylation is 1. The average molecular weight is 519 g/mol. The molecule has 0 aliphatic carbocycles. The van der Waals surface area contributed by atoms with E-state index in [0.29, 0.717) is 0 Å². The van der Waals surface area contributed by atoms with Gasteiger partial charge in [0.05, 0.1) is 31.0 Å². The first-order valence-corrected chi connectivity index (χ1v) is 12.5. The Balaban J connectivity index is 1.84. The van der Waals surface area contributed by atoms with Gasteiger partial charge in [-0.2, -0.15) is 13.4 Å². The van der Waals surface area contributed by atoms with Crippen molar-refractivity contribution in [2.24, 2.45) is 0 Å². The number of nitrogens with one attached hydrogen (secondary N) is 1. The number of benzene rings is 1. The van der Waals surface area contributed by atoms with Gasteiger partial charge in [-0.15, -0.1) is 0 Å². The molecule has 15 nitrogen and oxygen atoms in total. The molecule has 0 saturated heterocycles. The van der Waals surface area contributed by atoms with Crippen LogP contribution in [0.15, 0.2) is 40.3 Å². The highest BCUT2D eigenvalue weighted by atomic mass is 32.2. The van der Waals surface area contributed by atoms with Crippen LogP contribution in [-0.2, 0) is 28.1 Å². The van der Waals surface area contributed by atoms with E-state index in [2.05, 4.69) is 19.5 Å². The molecule has 3 rings (SSSR count). The number of phosphoric ester groups is 1. The monoisotopic (exact) mass is 519 g/mol. The molecule has 2 aromatic heterocycles. The number of hydrogen-bond acceptors (Lipinski definition) is 11. The summed E-state index contributed by atoms with van der Waals surface area (Å²) in [6.07, 6.45) is -1.60. The van der Waals surface area contributed by atoms with Crippen LogP contribution in [0.2, 0.25) is 0 Å². The Morgan fingerprint density at radius 1 is 1.24 bits per heavy atom. The van der Waals surface area contributed by atoms with Gasteiger partial charge in [0.25, 0.3) is 15.7 Å². The fraction of sp³-hybridized carbons (Fsp3) is 0.353. The van der Waals surface area contributed by atoms with Crippen LogP contribution in [0.4, 0.5) is 5.95 Å². The summed E-state index contributed by atoms with van der Waals surface area (Å²) in [6.45, 7) is -0.481. The molecule has 0 fully saturated rings. The molecule has 6 N–H and O–H groups in total. The molecule has 1 unspecified atom stereocenters. The van der Waals surface area contributed by atoms with E-state index < -0.39 is 55.7 Å². The van der Waals surface area contributed by atoms with Crippen molar-refractivity contribution in [2.75, 3.05) is 25.6 Å². The van der Waals surface area contributed by atoms with Gasteiger partial charge in [-0.3, -0.25) is 23.1 Å². The fourth-order valence-corrected chi connectivity index (χ4v) is 4.11. The van der Waals surface area contributed by atoms with Gasteiger partial charge in [0.1, 0.15) is 6.10 Å². The predicted molar refractivity (Wildman–Crippen MR) is 116 cm³/mol. The quantitative estimate of drug-likeness (QED) is 0.158. The Labute approximate surface area is 192 Å². The van der Waals surface area contributed by atoms with E-state index in [-0.39, 0.29) is 22.0 Å². The smallest absolute Gasteiger partial charge is 0.392 e. The number of nitrogens with zero attached hydrogens (tertiary/aromatic N) is 3. The molecule has 3 aromatic rings. The molecule has 2 atom stereocenters. The van der Waals surface area contributed by atoms with E-state index in [0.717, 1.165) is 16.5 Å². The van der Waals surface area contributed by atoms with Crippen LogP contribution in [0.1, 0.15) is 11.8 Å². The topological polar surface area (TPSA) is 229 Å². The van der Waals surface area contributed by atoms with E-state index in [4.69, 9.17) is 24.4 Å². The van der Waals surface area contributed by atoms with Gasteiger partial charge in [-0.25, -0.2) is 9.55 Å². The summed E-state index contributed by atoms with van der Waals surface area (Å²) in [5, 5.41) is 9.83. The molecule has 0 radical (unpaired) electrons. The minimum atomic E-state index is -4.95. The van der Waals surface area contributed by atoms with Gasteiger partial charge in [-0.05, 0) is 19.1 Å². The molecule has 0 aliphatic heterocycles. The van der Waals surface area contributed by atoms with E-state index >= 15 is 0 Å². The Bertz CT molecular complexity index is 1350. The summed E-state index contributed by atoms with van der Waals surface area (Å²) in [7, 11) is -9.21. The molecular weight excluding hydrogens is 497 g/mol. The summed E-state index contributed by atoms with van der Waals surface area (Å²) in [6, 6.07) is 5.78. The van der Waals surface area contributed by atoms with Crippen molar-refractivity contribution in [3.05, 3.63) is 46.5 Å². The zero-order valence-corrected chi connectivity index (χ0v) is 19.3. The number of phosphoric acid groups is 1. The first-order chi connectivity index (χ1) is 15.9. The van der Waals surface area contributed by atoms with Gasteiger partial charge in [0.15, 0.2) is 17.4 Å². The number of ether oxygens (including phenoxy) is 1. The normalized spacial score (nSPS) is 14.4. The summed E-state index contributed by atoms with van der Waals surface area (Å²) < 4.78 is 52.3. The van der Waals surface area contributed by atoms with E-state index in [9.17, 15) is 22.9 Å². The van der Waals surface area contributed by atoms with Crippen LogP contribution in [0.5, 0.6) is 0 Å². The molecule has 2 heterocycles. The van der Waals surface area contributed by atoms with Crippen molar-refractivity contribution in [1.29, 1.82) is 0 Å². The molecule has 186 valence electrons. The standard InChI is InChI=1S/C17H22N5O10PS/c1-10-2-4-12(5-3-10)34(28,29)31-8-11(7-30-33(25,26)27)32-13(6-23)22-9-19-14-15(22)20-17(18)21-16(14)24/h2-5,9,11,13,23H,6-8H2,1H3,(H2,25,26,27)(H3,18,20,21,24)/t11?,13-/m1/s1. The van der Waals surface area contributed by atoms with E-state index in [1.54, 1.807) is 19.1 Å². The molecule has 1 aromatic carbocycles. The third-order valence-corrected chi connectivity index (χ3v) is 6.20. The van der Waals surface area contributed by atoms with Gasteiger partial charge >= 0.3 is 7.82 Å². The van der Waals surface area contributed by atoms with Gasteiger partial charge in [-0.1, -0.05) is 17.7 Å². The Kier molecular flexibility index (Phi) is 7.84. The van der Waals surface area contributed by atoms with Crippen molar-refractivity contribution in [1.82, 2.24) is 19.5 Å². The number of rotatable bonds is 11. The minimum Gasteiger partial charge on any atom is -0.392 e. The number of aromatic amines is 1. The number of aliphatic hydroxyl groups excluding tert-OH is 1. The second-order valence-corrected chi connectivity index (χ2v) is 9.86. The van der Waals surface area contributed by atoms with Gasteiger partial charge in [0, 0.05) is 0 Å². The minimum absolute atomic E-state index is 0.0526. The van der Waals surface area contributed by atoms with Crippen LogP contribution >= 0.6 is 7.82 Å². The highest BCUT2D eigenvalue weighted by Gasteiger charge is 2.27. The lowest BCUT2D eigenvalue weighted by atomic mass is 10.2. The second kappa shape index (κ2) is 10.3. The number of anilines is 1. The first kappa shape index (κ1) is 25.9. The molecule has 0 amide bonds. The van der Waals surface area contributed by atoms with Crippen molar-refractivity contribution in [2.45, 2.75) is 24.2 Å². The second-order valence-electron chi connectivity index (χ2n) is 7.01. The SMILES string of the molecule is Cc1ccc(S(=O)(=O)OCC(COP(=O)(O)O)O[C@H](CO)n2cnc3c(=O)[nH]c(N)nc32)cc1. The molecule has 0 saturated carbocycles. The maximum absolute atomic E-state index is 12.5. The zero-order valence-electron chi connectivity index (χ0n) is 17.6. The molecule has 34 heavy (non-hydrogen) atoms. The largest absolute Gasteiger partial charge is 0.469 e. The van der Waals surface area contributed by atoms with E-state index in [1.165, 1.54) is 12.1 Å². The zero-order chi connectivity index (χ0) is 25.1. The molecule has 17 heteroatoms. The number of fused-ring (bicyclic) bond motifs is 1. The maximum Gasteiger partial charge on any atom is 0.469 e. The van der Waals surface area contributed by atoms with Crippen molar-refractivity contribution >= 4 is 35.1 Å². The number of imidazole rings is 1. The summed E-state index contributed by atoms with van der Waals surface area (Å²) >= 11 is 0. The number of nitrogens with two attached hydrogens (primary N) is 1. The third kappa shape index (κ3) is 6.46. The van der Waals surface area contributed by atoms with Gasteiger partial charge in [0.2, 0.25) is 5.95 Å². The van der Waals surface area contributed by atoms with Crippen molar-refractivity contribution in [3.63, 3.8) is 0 Å². The number of aliphatic hydroxyl groups is 1. The number of H-pyrrole nitrogens is 1. The van der Waals surface area contributed by atoms with Crippen LogP contribution in [-0.4, -0.2) is 68.8 Å².